The highest BCUT2D eigenvalue weighted by Gasteiger charge is 2.09. The first kappa shape index (κ1) is 9.11. The Labute approximate surface area is 80.3 Å². The zero-order valence-corrected chi connectivity index (χ0v) is 8.35. The van der Waals surface area contributed by atoms with Gasteiger partial charge < -0.3 is 0 Å². The molecule has 1 rings (SSSR count). The van der Waals surface area contributed by atoms with Crippen molar-refractivity contribution in [1.29, 1.82) is 0 Å². The fraction of sp³-hybridized carbons (Fsp3) is 0.286. The molecule has 0 fully saturated rings. The van der Waals surface area contributed by atoms with Crippen molar-refractivity contribution in [3.63, 3.8) is 0 Å². The molecule has 0 N–H and O–H groups in total. The topological polar surface area (TPSA) is 12.9 Å². The summed E-state index contributed by atoms with van der Waals surface area (Å²) in [6, 6.07) is 0. The van der Waals surface area contributed by atoms with E-state index in [2.05, 4.69) is 4.98 Å². The van der Waals surface area contributed by atoms with Gasteiger partial charge in [0.25, 0.3) is 0 Å². The average Bonchev–Trinajstić information content (AvgIpc) is 1.97. The Hall–Kier alpha value is 0.0200. The lowest BCUT2D eigenvalue weighted by atomic mass is 10.2. The molecular formula is C7H6Cl3N. The van der Waals surface area contributed by atoms with Crippen LogP contribution in [0.3, 0.4) is 0 Å². The Kier molecular flexibility index (Phi) is 2.63. The third-order valence-electron chi connectivity index (χ3n) is 1.51. The Morgan fingerprint density at radius 1 is 1.00 bits per heavy atom. The van der Waals surface area contributed by atoms with E-state index in [1.165, 1.54) is 0 Å². The predicted octanol–water partition coefficient (Wildman–Crippen LogP) is 3.66. The van der Waals surface area contributed by atoms with Gasteiger partial charge in [-0.15, -0.1) is 0 Å². The molecule has 0 saturated heterocycles. The van der Waals surface area contributed by atoms with E-state index in [1.807, 2.05) is 13.8 Å². The largest absolute Gasteiger partial charge is 0.239 e. The molecule has 11 heavy (non-hydrogen) atoms. The van der Waals surface area contributed by atoms with E-state index < -0.39 is 0 Å². The molecule has 0 unspecified atom stereocenters. The summed E-state index contributed by atoms with van der Waals surface area (Å²) in [7, 11) is 0. The Morgan fingerprint density at radius 3 is 2.09 bits per heavy atom. The number of nitrogens with zero attached hydrogens (tertiary/aromatic N) is 1. The minimum atomic E-state index is 0.264. The van der Waals surface area contributed by atoms with Gasteiger partial charge in [0.15, 0.2) is 0 Å². The number of hydrogen-bond acceptors (Lipinski definition) is 1. The first-order valence-corrected chi connectivity index (χ1v) is 4.15. The van der Waals surface area contributed by atoms with E-state index in [0.717, 1.165) is 11.3 Å². The molecule has 0 bridgehead atoms. The zero-order valence-electron chi connectivity index (χ0n) is 6.08. The number of hydrogen-bond donors (Lipinski definition) is 0. The molecule has 1 heterocycles. The van der Waals surface area contributed by atoms with Gasteiger partial charge in [-0.05, 0) is 19.4 Å². The summed E-state index contributed by atoms with van der Waals surface area (Å²) in [4.78, 5) is 3.98. The maximum Gasteiger partial charge on any atom is 0.149 e. The van der Waals surface area contributed by atoms with E-state index in [9.17, 15) is 0 Å². The molecule has 1 aromatic rings. The zero-order chi connectivity index (χ0) is 8.59. The molecule has 0 amide bonds. The van der Waals surface area contributed by atoms with Crippen molar-refractivity contribution in [2.75, 3.05) is 0 Å². The highest BCUT2D eigenvalue weighted by Crippen LogP contribution is 2.31. The van der Waals surface area contributed by atoms with Gasteiger partial charge in [-0.1, -0.05) is 34.8 Å². The van der Waals surface area contributed by atoms with E-state index in [-0.39, 0.29) is 5.15 Å². The fourth-order valence-corrected chi connectivity index (χ4v) is 1.37. The van der Waals surface area contributed by atoms with Crippen LogP contribution in [0.4, 0.5) is 0 Å². The van der Waals surface area contributed by atoms with Gasteiger partial charge in [0.1, 0.15) is 5.15 Å². The summed E-state index contributed by atoms with van der Waals surface area (Å²) in [5.74, 6) is 0. The van der Waals surface area contributed by atoms with E-state index in [1.54, 1.807) is 0 Å². The van der Waals surface area contributed by atoms with Gasteiger partial charge in [-0.3, -0.25) is 0 Å². The molecular weight excluding hydrogens is 204 g/mol. The molecule has 0 spiro atoms. The molecule has 0 atom stereocenters. The number of aromatic nitrogens is 1. The summed E-state index contributed by atoms with van der Waals surface area (Å²) in [6.45, 7) is 3.69. The van der Waals surface area contributed by atoms with Crippen LogP contribution < -0.4 is 0 Å². The lowest BCUT2D eigenvalue weighted by molar-refractivity contribution is 1.15. The maximum atomic E-state index is 5.83. The van der Waals surface area contributed by atoms with E-state index in [0.29, 0.717) is 10.0 Å². The van der Waals surface area contributed by atoms with Crippen LogP contribution in [-0.2, 0) is 0 Å². The SMILES string of the molecule is Cc1nc(Cl)c(Cl)c(Cl)c1C. The van der Waals surface area contributed by atoms with E-state index >= 15 is 0 Å². The summed E-state index contributed by atoms with van der Waals surface area (Å²) in [6.07, 6.45) is 0. The van der Waals surface area contributed by atoms with Gasteiger partial charge >= 0.3 is 0 Å². The molecule has 0 aliphatic heterocycles. The van der Waals surface area contributed by atoms with Crippen molar-refractivity contribution in [2.24, 2.45) is 0 Å². The number of pyridine rings is 1. The van der Waals surface area contributed by atoms with Crippen LogP contribution in [0.15, 0.2) is 0 Å². The Balaban J connectivity index is 3.46. The van der Waals surface area contributed by atoms with Crippen molar-refractivity contribution >= 4 is 34.8 Å². The minimum Gasteiger partial charge on any atom is -0.239 e. The molecule has 0 aromatic carbocycles. The third kappa shape index (κ3) is 1.61. The van der Waals surface area contributed by atoms with Crippen LogP contribution in [0.25, 0.3) is 0 Å². The minimum absolute atomic E-state index is 0.264. The standard InChI is InChI=1S/C7H6Cl3N/c1-3-4(2)11-7(10)6(9)5(3)8/h1-2H3. The predicted molar refractivity (Wildman–Crippen MR) is 48.7 cm³/mol. The molecule has 60 valence electrons. The number of aryl methyl sites for hydroxylation is 1. The van der Waals surface area contributed by atoms with Crippen molar-refractivity contribution in [3.8, 4) is 0 Å². The fourth-order valence-electron chi connectivity index (χ4n) is 0.694. The lowest BCUT2D eigenvalue weighted by Crippen LogP contribution is -1.89. The highest BCUT2D eigenvalue weighted by molar-refractivity contribution is 6.47. The van der Waals surface area contributed by atoms with Gasteiger partial charge in [0.05, 0.1) is 10.0 Å². The quantitative estimate of drug-likeness (QED) is 0.596. The summed E-state index contributed by atoms with van der Waals surface area (Å²) < 4.78 is 0. The van der Waals surface area contributed by atoms with Crippen LogP contribution in [0, 0.1) is 13.8 Å². The average molecular weight is 210 g/mol. The second-order valence-electron chi connectivity index (χ2n) is 2.24. The van der Waals surface area contributed by atoms with Crippen LogP contribution in [-0.4, -0.2) is 4.98 Å². The second-order valence-corrected chi connectivity index (χ2v) is 3.35. The highest BCUT2D eigenvalue weighted by atomic mass is 35.5. The summed E-state index contributed by atoms with van der Waals surface area (Å²) in [5, 5.41) is 1.08. The van der Waals surface area contributed by atoms with Gasteiger partial charge in [-0.25, -0.2) is 4.98 Å². The Bertz CT molecular complexity index is 270. The smallest absolute Gasteiger partial charge is 0.149 e. The van der Waals surface area contributed by atoms with Gasteiger partial charge in [-0.2, -0.15) is 0 Å². The third-order valence-corrected chi connectivity index (χ3v) is 2.82. The molecule has 4 heteroatoms. The van der Waals surface area contributed by atoms with Crippen LogP contribution >= 0.6 is 34.8 Å². The van der Waals surface area contributed by atoms with Crippen LogP contribution in [0.1, 0.15) is 11.3 Å². The van der Waals surface area contributed by atoms with Gasteiger partial charge in [0, 0.05) is 5.69 Å². The molecule has 0 radical (unpaired) electrons. The normalized spacial score (nSPS) is 10.3. The van der Waals surface area contributed by atoms with Crippen molar-refractivity contribution < 1.29 is 0 Å². The number of halogens is 3. The van der Waals surface area contributed by atoms with Crippen LogP contribution in [0.5, 0.6) is 0 Å². The lowest BCUT2D eigenvalue weighted by Gasteiger charge is -2.04. The molecule has 0 aliphatic carbocycles. The van der Waals surface area contributed by atoms with Gasteiger partial charge in [0.2, 0.25) is 0 Å². The Morgan fingerprint density at radius 2 is 1.55 bits per heavy atom. The van der Waals surface area contributed by atoms with Crippen molar-refractivity contribution in [2.45, 2.75) is 13.8 Å². The molecule has 0 saturated carbocycles. The van der Waals surface area contributed by atoms with E-state index in [4.69, 9.17) is 34.8 Å². The molecule has 0 aliphatic rings. The monoisotopic (exact) mass is 209 g/mol. The number of rotatable bonds is 0. The summed E-state index contributed by atoms with van der Waals surface area (Å²) >= 11 is 17.2. The molecule has 1 nitrogen and oxygen atoms in total. The first-order valence-electron chi connectivity index (χ1n) is 3.01. The summed E-state index contributed by atoms with van der Waals surface area (Å²) in [5.41, 5.74) is 1.69. The van der Waals surface area contributed by atoms with Crippen molar-refractivity contribution in [3.05, 3.63) is 26.5 Å². The van der Waals surface area contributed by atoms with Crippen molar-refractivity contribution in [1.82, 2.24) is 4.98 Å². The molecule has 1 aromatic heterocycles. The second kappa shape index (κ2) is 3.18. The van der Waals surface area contributed by atoms with Crippen LogP contribution in [0.2, 0.25) is 15.2 Å². The maximum absolute atomic E-state index is 5.83. The first-order chi connectivity index (χ1) is 5.04.